The van der Waals surface area contributed by atoms with E-state index in [-0.39, 0.29) is 18.4 Å². The van der Waals surface area contributed by atoms with E-state index in [9.17, 15) is 4.79 Å². The second-order valence-electron chi connectivity index (χ2n) is 5.25. The monoisotopic (exact) mass is 377 g/mol. The zero-order valence-corrected chi connectivity index (χ0v) is 15.2. The highest BCUT2D eigenvalue weighted by Crippen LogP contribution is 2.28. The van der Waals surface area contributed by atoms with Gasteiger partial charge >= 0.3 is 6.03 Å². The van der Waals surface area contributed by atoms with Crippen molar-refractivity contribution < 1.29 is 9.53 Å². The van der Waals surface area contributed by atoms with Gasteiger partial charge in [-0.25, -0.2) is 4.79 Å². The van der Waals surface area contributed by atoms with E-state index in [1.165, 1.54) is 7.11 Å². The molecule has 130 valence electrons. The molecular formula is C18H17Cl2N3O2. The fourth-order valence-corrected chi connectivity index (χ4v) is 2.64. The average molecular weight is 378 g/mol. The number of pyridine rings is 1. The number of aromatic nitrogens is 1. The molecule has 2 aromatic carbocycles. The molecule has 1 heterocycles. The summed E-state index contributed by atoms with van der Waals surface area (Å²) in [6.45, 7) is 1.88. The number of para-hydroxylation sites is 1. The van der Waals surface area contributed by atoms with Crippen LogP contribution in [0.25, 0.3) is 10.9 Å². The number of halogens is 2. The van der Waals surface area contributed by atoms with E-state index >= 15 is 0 Å². The Bertz CT molecular complexity index is 916. The third-order valence-corrected chi connectivity index (χ3v) is 3.74. The van der Waals surface area contributed by atoms with E-state index in [2.05, 4.69) is 15.6 Å². The van der Waals surface area contributed by atoms with Crippen LogP contribution in [0.4, 0.5) is 16.2 Å². The molecule has 7 heteroatoms. The molecule has 0 radical (unpaired) electrons. The number of ether oxygens (including phenoxy) is 1. The molecule has 5 nitrogen and oxygen atoms in total. The molecule has 0 unspecified atom stereocenters. The molecule has 0 spiro atoms. The number of carbonyl (C=O) groups is 1. The van der Waals surface area contributed by atoms with Crippen molar-refractivity contribution in [2.75, 3.05) is 17.7 Å². The van der Waals surface area contributed by atoms with Crippen LogP contribution >= 0.6 is 24.0 Å². The number of methoxy groups -OCH3 is 1. The van der Waals surface area contributed by atoms with Crippen LogP contribution in [-0.2, 0) is 0 Å². The van der Waals surface area contributed by atoms with Gasteiger partial charge in [0.25, 0.3) is 0 Å². The molecule has 0 bridgehead atoms. The molecule has 0 aliphatic carbocycles. The number of carbonyl (C=O) groups excluding carboxylic acids is 1. The number of hydrogen-bond acceptors (Lipinski definition) is 3. The van der Waals surface area contributed by atoms with Crippen LogP contribution in [0.2, 0.25) is 5.02 Å². The Labute approximate surface area is 156 Å². The van der Waals surface area contributed by atoms with Gasteiger partial charge in [-0.2, -0.15) is 0 Å². The highest BCUT2D eigenvalue weighted by Gasteiger charge is 2.11. The molecule has 3 rings (SSSR count). The van der Waals surface area contributed by atoms with Crippen molar-refractivity contribution in [1.29, 1.82) is 0 Å². The van der Waals surface area contributed by atoms with Gasteiger partial charge in [0.1, 0.15) is 5.75 Å². The van der Waals surface area contributed by atoms with E-state index in [0.717, 1.165) is 16.6 Å². The minimum absolute atomic E-state index is 0. The van der Waals surface area contributed by atoms with Gasteiger partial charge in [0.05, 0.1) is 24.0 Å². The normalized spacial score (nSPS) is 10.0. The van der Waals surface area contributed by atoms with E-state index in [4.69, 9.17) is 16.3 Å². The fourth-order valence-electron chi connectivity index (χ4n) is 2.46. The van der Waals surface area contributed by atoms with Gasteiger partial charge in [0.2, 0.25) is 0 Å². The molecule has 1 aromatic heterocycles. The SMILES string of the molecule is COc1ccc(Cl)cc1NC(=O)Nc1cc(C)nc2ccccc12.Cl. The number of aryl methyl sites for hydroxylation is 1. The Morgan fingerprint density at radius 1 is 1.08 bits per heavy atom. The van der Waals surface area contributed by atoms with Crippen molar-refractivity contribution in [3.8, 4) is 5.75 Å². The van der Waals surface area contributed by atoms with Crippen LogP contribution in [0.1, 0.15) is 5.69 Å². The molecule has 0 aliphatic heterocycles. The van der Waals surface area contributed by atoms with Gasteiger partial charge in [0, 0.05) is 16.1 Å². The van der Waals surface area contributed by atoms with Gasteiger partial charge < -0.3 is 15.4 Å². The summed E-state index contributed by atoms with van der Waals surface area (Å²) in [5.41, 5.74) is 2.84. The first kappa shape index (κ1) is 18.8. The van der Waals surface area contributed by atoms with Crippen LogP contribution < -0.4 is 15.4 Å². The summed E-state index contributed by atoms with van der Waals surface area (Å²) >= 11 is 5.98. The molecule has 0 fully saturated rings. The molecule has 3 aromatic rings. The van der Waals surface area contributed by atoms with Gasteiger partial charge in [-0.05, 0) is 37.3 Å². The fraction of sp³-hybridized carbons (Fsp3) is 0.111. The third-order valence-electron chi connectivity index (χ3n) is 3.50. The minimum Gasteiger partial charge on any atom is -0.495 e. The van der Waals surface area contributed by atoms with Crippen LogP contribution in [-0.4, -0.2) is 18.1 Å². The first-order valence-corrected chi connectivity index (χ1v) is 7.72. The Hall–Kier alpha value is -2.50. The molecule has 0 aliphatic rings. The molecule has 0 saturated carbocycles. The Balaban J connectivity index is 0.00000225. The number of amides is 2. The number of hydrogen-bond donors (Lipinski definition) is 2. The van der Waals surface area contributed by atoms with Gasteiger partial charge in [-0.3, -0.25) is 4.98 Å². The van der Waals surface area contributed by atoms with E-state index in [0.29, 0.717) is 22.1 Å². The third kappa shape index (κ3) is 4.32. The maximum absolute atomic E-state index is 12.4. The lowest BCUT2D eigenvalue weighted by molar-refractivity contribution is 0.262. The Morgan fingerprint density at radius 3 is 2.56 bits per heavy atom. The van der Waals surface area contributed by atoms with Crippen molar-refractivity contribution in [3.05, 3.63) is 59.2 Å². The zero-order chi connectivity index (χ0) is 17.1. The first-order chi connectivity index (χ1) is 11.6. The van der Waals surface area contributed by atoms with Crippen LogP contribution in [0.5, 0.6) is 5.75 Å². The number of rotatable bonds is 3. The van der Waals surface area contributed by atoms with Crippen molar-refractivity contribution in [1.82, 2.24) is 4.98 Å². The van der Waals surface area contributed by atoms with E-state index < -0.39 is 0 Å². The predicted molar refractivity (Wildman–Crippen MR) is 104 cm³/mol. The minimum atomic E-state index is -0.383. The quantitative estimate of drug-likeness (QED) is 0.653. The predicted octanol–water partition coefficient (Wildman–Crippen LogP) is 5.27. The van der Waals surface area contributed by atoms with Gasteiger partial charge in [-0.15, -0.1) is 12.4 Å². The lowest BCUT2D eigenvalue weighted by atomic mass is 10.1. The van der Waals surface area contributed by atoms with Crippen molar-refractivity contribution in [2.45, 2.75) is 6.92 Å². The van der Waals surface area contributed by atoms with Crippen molar-refractivity contribution in [3.63, 3.8) is 0 Å². The Kier molecular flexibility index (Phi) is 6.07. The van der Waals surface area contributed by atoms with Gasteiger partial charge in [-0.1, -0.05) is 29.8 Å². The van der Waals surface area contributed by atoms with Crippen LogP contribution in [0.3, 0.4) is 0 Å². The molecule has 2 N–H and O–H groups in total. The second kappa shape index (κ2) is 8.05. The smallest absolute Gasteiger partial charge is 0.323 e. The molecular weight excluding hydrogens is 361 g/mol. The number of fused-ring (bicyclic) bond motifs is 1. The van der Waals surface area contributed by atoms with E-state index in [1.807, 2.05) is 37.3 Å². The summed E-state index contributed by atoms with van der Waals surface area (Å²) < 4.78 is 5.23. The summed E-state index contributed by atoms with van der Waals surface area (Å²) in [5.74, 6) is 0.533. The van der Waals surface area contributed by atoms with Crippen molar-refractivity contribution in [2.24, 2.45) is 0 Å². The topological polar surface area (TPSA) is 63.2 Å². The molecule has 0 atom stereocenters. The Morgan fingerprint density at radius 2 is 1.80 bits per heavy atom. The van der Waals surface area contributed by atoms with E-state index in [1.54, 1.807) is 18.2 Å². The van der Waals surface area contributed by atoms with Gasteiger partial charge in [0.15, 0.2) is 0 Å². The van der Waals surface area contributed by atoms with Crippen LogP contribution in [0.15, 0.2) is 48.5 Å². The lowest BCUT2D eigenvalue weighted by Crippen LogP contribution is -2.20. The molecule has 25 heavy (non-hydrogen) atoms. The second-order valence-corrected chi connectivity index (χ2v) is 5.69. The standard InChI is InChI=1S/C18H16ClN3O2.ClH/c1-11-9-15(13-5-3-4-6-14(13)20-11)21-18(23)22-16-10-12(19)7-8-17(16)24-2;/h3-10H,1-2H3,(H2,20,21,22,23);1H. The maximum atomic E-state index is 12.4. The summed E-state index contributed by atoms with van der Waals surface area (Å²) in [6.07, 6.45) is 0. The highest BCUT2D eigenvalue weighted by molar-refractivity contribution is 6.31. The molecule has 2 amide bonds. The lowest BCUT2D eigenvalue weighted by Gasteiger charge is -2.13. The molecule has 0 saturated heterocycles. The summed E-state index contributed by atoms with van der Waals surface area (Å²) in [4.78, 5) is 16.8. The number of nitrogens with one attached hydrogen (secondary N) is 2. The average Bonchev–Trinajstić information content (AvgIpc) is 2.55. The first-order valence-electron chi connectivity index (χ1n) is 7.35. The number of anilines is 2. The highest BCUT2D eigenvalue weighted by atomic mass is 35.5. The summed E-state index contributed by atoms with van der Waals surface area (Å²) in [6, 6.07) is 14.1. The summed E-state index contributed by atoms with van der Waals surface area (Å²) in [7, 11) is 1.53. The number of benzene rings is 2. The number of nitrogens with zero attached hydrogens (tertiary/aromatic N) is 1. The number of urea groups is 1. The largest absolute Gasteiger partial charge is 0.495 e. The summed E-state index contributed by atoms with van der Waals surface area (Å²) in [5, 5.41) is 6.99. The maximum Gasteiger partial charge on any atom is 0.323 e. The van der Waals surface area contributed by atoms with Crippen molar-refractivity contribution >= 4 is 52.3 Å². The zero-order valence-electron chi connectivity index (χ0n) is 13.7. The van der Waals surface area contributed by atoms with Crippen LogP contribution in [0, 0.1) is 6.92 Å².